The number of aromatic nitrogens is 2. The van der Waals surface area contributed by atoms with Crippen molar-refractivity contribution in [2.45, 2.75) is 6.42 Å². The highest BCUT2D eigenvalue weighted by molar-refractivity contribution is 9.10. The smallest absolute Gasteiger partial charge is 0.272 e. The van der Waals surface area contributed by atoms with Crippen LogP contribution in [0.25, 0.3) is 22.1 Å². The number of H-pyrrole nitrogens is 1. The summed E-state index contributed by atoms with van der Waals surface area (Å²) in [6.45, 7) is 0. The lowest BCUT2D eigenvalue weighted by molar-refractivity contribution is -0.120. The number of hydrogen-bond donors (Lipinski definition) is 2. The maximum atomic E-state index is 12.2. The second kappa shape index (κ2) is 8.24. The van der Waals surface area contributed by atoms with Crippen molar-refractivity contribution in [3.05, 3.63) is 86.9 Å². The first kappa shape index (κ1) is 18.8. The zero-order chi connectivity index (χ0) is 20.2. The first-order chi connectivity index (χ1) is 14.1. The Morgan fingerprint density at radius 1 is 1.10 bits per heavy atom. The molecule has 2 aromatic heterocycles. The summed E-state index contributed by atoms with van der Waals surface area (Å²) in [6, 6.07) is 18.3. The summed E-state index contributed by atoms with van der Waals surface area (Å²) in [4.78, 5) is 24.0. The SMILES string of the molecule is O=C(Cc1n[nH]c(=O)c2ccccc12)N/N=C\c1ccc(-c2ccc(Br)cc2)o1. The van der Waals surface area contributed by atoms with Gasteiger partial charge in [0, 0.05) is 15.4 Å². The predicted octanol–water partition coefficient (Wildman–Crippen LogP) is 3.64. The highest BCUT2D eigenvalue weighted by Gasteiger charge is 2.10. The zero-order valence-corrected chi connectivity index (χ0v) is 16.6. The summed E-state index contributed by atoms with van der Waals surface area (Å²) in [5, 5.41) is 11.5. The monoisotopic (exact) mass is 450 g/mol. The van der Waals surface area contributed by atoms with E-state index in [1.54, 1.807) is 30.3 Å². The van der Waals surface area contributed by atoms with Crippen LogP contribution in [0, 0.1) is 0 Å². The van der Waals surface area contributed by atoms with E-state index in [9.17, 15) is 9.59 Å². The number of amides is 1. The van der Waals surface area contributed by atoms with Crippen molar-refractivity contribution in [2.24, 2.45) is 5.10 Å². The van der Waals surface area contributed by atoms with Crippen LogP contribution >= 0.6 is 15.9 Å². The van der Waals surface area contributed by atoms with E-state index in [1.165, 1.54) is 6.21 Å². The van der Waals surface area contributed by atoms with Crippen LogP contribution in [-0.4, -0.2) is 22.3 Å². The van der Waals surface area contributed by atoms with Crippen molar-refractivity contribution in [3.8, 4) is 11.3 Å². The summed E-state index contributed by atoms with van der Waals surface area (Å²) in [5.74, 6) is 0.857. The summed E-state index contributed by atoms with van der Waals surface area (Å²) < 4.78 is 6.70. The molecule has 0 aliphatic carbocycles. The number of nitrogens with one attached hydrogen (secondary N) is 2. The van der Waals surface area contributed by atoms with Gasteiger partial charge in [-0.25, -0.2) is 10.5 Å². The van der Waals surface area contributed by atoms with Crippen LogP contribution in [0.15, 0.2) is 79.4 Å². The minimum Gasteiger partial charge on any atom is -0.455 e. The van der Waals surface area contributed by atoms with Crippen LogP contribution in [0.4, 0.5) is 0 Å². The van der Waals surface area contributed by atoms with E-state index in [2.05, 4.69) is 36.7 Å². The summed E-state index contributed by atoms with van der Waals surface area (Å²) >= 11 is 3.40. The maximum Gasteiger partial charge on any atom is 0.272 e. The molecule has 4 rings (SSSR count). The molecule has 0 saturated heterocycles. The van der Waals surface area contributed by atoms with Crippen LogP contribution in [-0.2, 0) is 11.2 Å². The quantitative estimate of drug-likeness (QED) is 0.358. The maximum absolute atomic E-state index is 12.2. The number of aromatic amines is 1. The Morgan fingerprint density at radius 2 is 1.86 bits per heavy atom. The molecule has 2 heterocycles. The van der Waals surface area contributed by atoms with Gasteiger partial charge in [-0.05, 0) is 30.3 Å². The Labute approximate surface area is 173 Å². The van der Waals surface area contributed by atoms with Crippen molar-refractivity contribution in [1.29, 1.82) is 0 Å². The van der Waals surface area contributed by atoms with Gasteiger partial charge in [-0.15, -0.1) is 0 Å². The molecule has 29 heavy (non-hydrogen) atoms. The van der Waals surface area contributed by atoms with Gasteiger partial charge in [0.05, 0.1) is 23.7 Å². The molecule has 0 bridgehead atoms. The third-order valence-electron chi connectivity index (χ3n) is 4.24. The molecule has 0 unspecified atom stereocenters. The Kier molecular flexibility index (Phi) is 5.35. The van der Waals surface area contributed by atoms with Gasteiger partial charge in [0.15, 0.2) is 0 Å². The van der Waals surface area contributed by atoms with Gasteiger partial charge < -0.3 is 4.42 Å². The summed E-state index contributed by atoms with van der Waals surface area (Å²) in [6.07, 6.45) is 1.41. The van der Waals surface area contributed by atoms with Crippen molar-refractivity contribution in [2.75, 3.05) is 0 Å². The van der Waals surface area contributed by atoms with Crippen LogP contribution in [0.3, 0.4) is 0 Å². The van der Waals surface area contributed by atoms with Crippen molar-refractivity contribution in [3.63, 3.8) is 0 Å². The lowest BCUT2D eigenvalue weighted by Crippen LogP contribution is -2.22. The average molecular weight is 451 g/mol. The molecule has 0 atom stereocenters. The molecular weight excluding hydrogens is 436 g/mol. The van der Waals surface area contributed by atoms with E-state index < -0.39 is 0 Å². The fourth-order valence-corrected chi connectivity index (χ4v) is 3.12. The molecule has 4 aromatic rings. The number of nitrogens with zero attached hydrogens (tertiary/aromatic N) is 2. The molecule has 0 fully saturated rings. The van der Waals surface area contributed by atoms with Gasteiger partial charge in [-0.3, -0.25) is 9.59 Å². The van der Waals surface area contributed by atoms with E-state index in [0.717, 1.165) is 10.0 Å². The number of carbonyl (C=O) groups excluding carboxylic acids is 1. The van der Waals surface area contributed by atoms with E-state index in [4.69, 9.17) is 4.42 Å². The molecule has 2 N–H and O–H groups in total. The third kappa shape index (κ3) is 4.33. The van der Waals surface area contributed by atoms with Crippen LogP contribution in [0.1, 0.15) is 11.5 Å². The van der Waals surface area contributed by atoms with Crippen molar-refractivity contribution >= 4 is 38.8 Å². The van der Waals surface area contributed by atoms with Crippen molar-refractivity contribution < 1.29 is 9.21 Å². The van der Waals surface area contributed by atoms with E-state index in [1.807, 2.05) is 30.3 Å². The van der Waals surface area contributed by atoms with Gasteiger partial charge >= 0.3 is 0 Å². The Bertz CT molecular complexity index is 1260. The summed E-state index contributed by atoms with van der Waals surface area (Å²) in [5.41, 5.74) is 3.57. The van der Waals surface area contributed by atoms with Gasteiger partial charge in [0.1, 0.15) is 11.5 Å². The average Bonchev–Trinajstić information content (AvgIpc) is 3.20. The number of halogens is 1. The third-order valence-corrected chi connectivity index (χ3v) is 4.77. The van der Waals surface area contributed by atoms with Crippen LogP contribution in [0.5, 0.6) is 0 Å². The molecule has 0 radical (unpaired) electrons. The van der Waals surface area contributed by atoms with Gasteiger partial charge in [-0.2, -0.15) is 10.2 Å². The molecule has 8 heteroatoms. The van der Waals surface area contributed by atoms with Gasteiger partial charge in [-0.1, -0.05) is 46.3 Å². The highest BCUT2D eigenvalue weighted by atomic mass is 79.9. The topological polar surface area (TPSA) is 100 Å². The molecule has 1 amide bonds. The second-order valence-corrected chi connectivity index (χ2v) is 7.14. The number of rotatable bonds is 5. The van der Waals surface area contributed by atoms with Gasteiger partial charge in [0.2, 0.25) is 5.91 Å². The predicted molar refractivity (Wildman–Crippen MR) is 114 cm³/mol. The zero-order valence-electron chi connectivity index (χ0n) is 15.1. The first-order valence-corrected chi connectivity index (χ1v) is 9.53. The Balaban J connectivity index is 1.42. The fraction of sp³-hybridized carbons (Fsp3) is 0.0476. The minimum absolute atomic E-state index is 0.0169. The van der Waals surface area contributed by atoms with E-state index >= 15 is 0 Å². The highest BCUT2D eigenvalue weighted by Crippen LogP contribution is 2.23. The van der Waals surface area contributed by atoms with Crippen molar-refractivity contribution in [1.82, 2.24) is 15.6 Å². The van der Waals surface area contributed by atoms with Crippen LogP contribution < -0.4 is 11.0 Å². The molecule has 144 valence electrons. The fourth-order valence-electron chi connectivity index (χ4n) is 2.86. The van der Waals surface area contributed by atoms with E-state index in [0.29, 0.717) is 28.0 Å². The lowest BCUT2D eigenvalue weighted by Gasteiger charge is -2.03. The number of fused-ring (bicyclic) bond motifs is 1. The Hall–Kier alpha value is -3.52. The number of carbonyl (C=O) groups is 1. The number of hydrazone groups is 1. The minimum atomic E-state index is -0.356. The number of hydrogen-bond acceptors (Lipinski definition) is 5. The standard InChI is InChI=1S/C21H15BrN4O3/c22-14-7-5-13(6-8-14)19-10-9-15(29-19)12-23-25-20(27)11-18-16-3-1-2-4-17(16)21(28)26-24-18/h1-10,12H,11H2,(H,25,27)(H,26,28)/b23-12-. The molecule has 0 saturated carbocycles. The van der Waals surface area contributed by atoms with E-state index in [-0.39, 0.29) is 17.9 Å². The van der Waals surface area contributed by atoms with Gasteiger partial charge in [0.25, 0.3) is 5.56 Å². The number of furan rings is 1. The molecule has 0 aliphatic rings. The normalized spacial score (nSPS) is 11.2. The molecule has 0 spiro atoms. The lowest BCUT2D eigenvalue weighted by atomic mass is 10.1. The summed E-state index contributed by atoms with van der Waals surface area (Å²) in [7, 11) is 0. The largest absolute Gasteiger partial charge is 0.455 e. The number of benzene rings is 2. The molecule has 2 aromatic carbocycles. The molecular formula is C21H15BrN4O3. The Morgan fingerprint density at radius 3 is 2.66 bits per heavy atom. The van der Waals surface area contributed by atoms with Crippen LogP contribution in [0.2, 0.25) is 0 Å². The first-order valence-electron chi connectivity index (χ1n) is 8.74. The molecule has 7 nitrogen and oxygen atoms in total. The molecule has 0 aliphatic heterocycles. The second-order valence-electron chi connectivity index (χ2n) is 6.22.